The number of nitrogens with one attached hydrogen (secondary N) is 2. The molecule has 2 fully saturated rings. The summed E-state index contributed by atoms with van der Waals surface area (Å²) < 4.78 is 5.99. The maximum Gasteiger partial charge on any atom is 0.191 e. The van der Waals surface area contributed by atoms with E-state index in [0.717, 1.165) is 63.5 Å². The van der Waals surface area contributed by atoms with Crippen LogP contribution in [0.1, 0.15) is 25.3 Å². The van der Waals surface area contributed by atoms with E-state index in [0.29, 0.717) is 0 Å². The molecular formula is C21H36IN5O. The molecule has 0 unspecified atom stereocenters. The first kappa shape index (κ1) is 23.2. The Kier molecular flexibility index (Phi) is 10.4. The van der Waals surface area contributed by atoms with Crippen molar-refractivity contribution in [2.24, 2.45) is 10.9 Å². The smallest absolute Gasteiger partial charge is 0.191 e. The number of hydrogen-bond donors (Lipinski definition) is 2. The largest absolute Gasteiger partial charge is 0.493 e. The highest BCUT2D eigenvalue weighted by Gasteiger charge is 2.22. The zero-order valence-corrected chi connectivity index (χ0v) is 19.7. The Morgan fingerprint density at radius 3 is 2.50 bits per heavy atom. The van der Waals surface area contributed by atoms with Gasteiger partial charge in [-0.1, -0.05) is 25.1 Å². The van der Waals surface area contributed by atoms with Crippen molar-refractivity contribution in [2.75, 3.05) is 59.5 Å². The molecule has 1 heterocycles. The van der Waals surface area contributed by atoms with Crippen LogP contribution in [-0.2, 0) is 6.54 Å². The standard InChI is InChI=1S/C21H35N5O.HI/c1-3-25-12-14-26(15-13-25)11-10-23-21(22-2)24-16-19-6-4-5-7-20(19)27-17-18-8-9-18;/h4-7,18H,3,8-17H2,1-2H3,(H2,22,23,24);1H. The summed E-state index contributed by atoms with van der Waals surface area (Å²) in [5.41, 5.74) is 1.18. The van der Waals surface area contributed by atoms with Crippen molar-refractivity contribution in [3.05, 3.63) is 29.8 Å². The zero-order valence-electron chi connectivity index (χ0n) is 17.3. The molecule has 0 bridgehead atoms. The van der Waals surface area contributed by atoms with Gasteiger partial charge in [0.25, 0.3) is 0 Å². The number of guanidine groups is 1. The Hall–Kier alpha value is -1.06. The van der Waals surface area contributed by atoms with Gasteiger partial charge in [-0.05, 0) is 31.4 Å². The summed E-state index contributed by atoms with van der Waals surface area (Å²) in [5.74, 6) is 2.60. The second-order valence-electron chi connectivity index (χ2n) is 7.49. The summed E-state index contributed by atoms with van der Waals surface area (Å²) in [6, 6.07) is 8.28. The van der Waals surface area contributed by atoms with E-state index in [2.05, 4.69) is 50.5 Å². The van der Waals surface area contributed by atoms with Crippen LogP contribution < -0.4 is 15.4 Å². The molecule has 0 aromatic heterocycles. The van der Waals surface area contributed by atoms with E-state index in [1.165, 1.54) is 31.5 Å². The van der Waals surface area contributed by atoms with E-state index in [4.69, 9.17) is 4.74 Å². The van der Waals surface area contributed by atoms with E-state index < -0.39 is 0 Å². The van der Waals surface area contributed by atoms with E-state index in [1.807, 2.05) is 13.1 Å². The first-order chi connectivity index (χ1) is 13.3. The summed E-state index contributed by atoms with van der Waals surface area (Å²) in [4.78, 5) is 9.38. The molecule has 1 aliphatic heterocycles. The average Bonchev–Trinajstić information content (AvgIpc) is 3.54. The molecule has 158 valence electrons. The van der Waals surface area contributed by atoms with Crippen molar-refractivity contribution in [1.82, 2.24) is 20.4 Å². The van der Waals surface area contributed by atoms with Gasteiger partial charge in [0.05, 0.1) is 6.61 Å². The highest BCUT2D eigenvalue weighted by molar-refractivity contribution is 14.0. The number of rotatable bonds is 9. The number of aliphatic imine (C=N–C) groups is 1. The molecule has 7 heteroatoms. The normalized spacial score (nSPS) is 18.4. The molecule has 1 saturated carbocycles. The lowest BCUT2D eigenvalue weighted by atomic mass is 10.2. The SMILES string of the molecule is CCN1CCN(CCNC(=NC)NCc2ccccc2OCC2CC2)CC1.I. The van der Waals surface area contributed by atoms with E-state index in [-0.39, 0.29) is 24.0 Å². The van der Waals surface area contributed by atoms with Gasteiger partial charge >= 0.3 is 0 Å². The van der Waals surface area contributed by atoms with Gasteiger partial charge in [0.15, 0.2) is 5.96 Å². The average molecular weight is 501 g/mol. The van der Waals surface area contributed by atoms with Gasteiger partial charge < -0.3 is 20.3 Å². The summed E-state index contributed by atoms with van der Waals surface area (Å²) >= 11 is 0. The molecule has 3 rings (SSSR count). The number of halogens is 1. The molecule has 1 aliphatic carbocycles. The molecule has 28 heavy (non-hydrogen) atoms. The van der Waals surface area contributed by atoms with Gasteiger partial charge in [-0.3, -0.25) is 9.89 Å². The third-order valence-corrected chi connectivity index (χ3v) is 5.45. The fraction of sp³-hybridized carbons (Fsp3) is 0.667. The molecular weight excluding hydrogens is 465 g/mol. The molecule has 0 radical (unpaired) electrons. The predicted octanol–water partition coefficient (Wildman–Crippen LogP) is 2.40. The minimum absolute atomic E-state index is 0. The molecule has 0 spiro atoms. The molecule has 1 saturated heterocycles. The highest BCUT2D eigenvalue weighted by atomic mass is 127. The van der Waals surface area contributed by atoms with E-state index in [1.54, 1.807) is 0 Å². The number of piperazine rings is 1. The van der Waals surface area contributed by atoms with Crippen LogP contribution in [-0.4, -0.2) is 75.2 Å². The fourth-order valence-electron chi connectivity index (χ4n) is 3.34. The first-order valence-electron chi connectivity index (χ1n) is 10.4. The summed E-state index contributed by atoms with van der Waals surface area (Å²) in [5, 5.41) is 6.85. The summed E-state index contributed by atoms with van der Waals surface area (Å²) in [6.07, 6.45) is 2.62. The van der Waals surface area contributed by atoms with Crippen LogP contribution in [0.2, 0.25) is 0 Å². The minimum Gasteiger partial charge on any atom is -0.493 e. The Morgan fingerprint density at radius 2 is 1.82 bits per heavy atom. The van der Waals surface area contributed by atoms with Gasteiger partial charge in [0.1, 0.15) is 5.75 Å². The van der Waals surface area contributed by atoms with Crippen molar-refractivity contribution < 1.29 is 4.74 Å². The zero-order chi connectivity index (χ0) is 18.9. The molecule has 1 aromatic rings. The molecule has 2 aliphatic rings. The number of benzene rings is 1. The van der Waals surface area contributed by atoms with Gasteiger partial charge in [-0.2, -0.15) is 0 Å². The maximum absolute atomic E-state index is 5.99. The number of ether oxygens (including phenoxy) is 1. The lowest BCUT2D eigenvalue weighted by Gasteiger charge is -2.34. The Morgan fingerprint density at radius 1 is 1.11 bits per heavy atom. The lowest BCUT2D eigenvalue weighted by molar-refractivity contribution is 0.139. The van der Waals surface area contributed by atoms with Crippen LogP contribution in [0.15, 0.2) is 29.3 Å². The van der Waals surface area contributed by atoms with Crippen LogP contribution >= 0.6 is 24.0 Å². The van der Waals surface area contributed by atoms with Crippen LogP contribution in [0.3, 0.4) is 0 Å². The highest BCUT2D eigenvalue weighted by Crippen LogP contribution is 2.30. The number of para-hydroxylation sites is 1. The van der Waals surface area contributed by atoms with Crippen molar-refractivity contribution in [2.45, 2.75) is 26.3 Å². The molecule has 1 aromatic carbocycles. The van der Waals surface area contributed by atoms with Crippen molar-refractivity contribution in [3.8, 4) is 5.75 Å². The van der Waals surface area contributed by atoms with E-state index >= 15 is 0 Å². The van der Waals surface area contributed by atoms with Crippen LogP contribution in [0.25, 0.3) is 0 Å². The number of hydrogen-bond acceptors (Lipinski definition) is 4. The van der Waals surface area contributed by atoms with Crippen molar-refractivity contribution in [1.29, 1.82) is 0 Å². The molecule has 2 N–H and O–H groups in total. The van der Waals surface area contributed by atoms with Gasteiger partial charge in [-0.25, -0.2) is 0 Å². The topological polar surface area (TPSA) is 52.1 Å². The van der Waals surface area contributed by atoms with Crippen LogP contribution in [0.4, 0.5) is 0 Å². The molecule has 0 amide bonds. The minimum atomic E-state index is 0. The first-order valence-corrected chi connectivity index (χ1v) is 10.4. The monoisotopic (exact) mass is 501 g/mol. The van der Waals surface area contributed by atoms with E-state index in [9.17, 15) is 0 Å². The Bertz CT molecular complexity index is 600. The quantitative estimate of drug-likeness (QED) is 0.309. The third-order valence-electron chi connectivity index (χ3n) is 5.45. The maximum atomic E-state index is 5.99. The second kappa shape index (κ2) is 12.5. The van der Waals surface area contributed by atoms with Gasteiger partial charge in [0, 0.05) is 58.4 Å². The van der Waals surface area contributed by atoms with Gasteiger partial charge in [0.2, 0.25) is 0 Å². The third kappa shape index (κ3) is 7.75. The number of nitrogens with zero attached hydrogens (tertiary/aromatic N) is 3. The molecule has 6 nitrogen and oxygen atoms in total. The lowest BCUT2D eigenvalue weighted by Crippen LogP contribution is -2.49. The molecule has 0 atom stereocenters. The van der Waals surface area contributed by atoms with Crippen LogP contribution in [0.5, 0.6) is 5.75 Å². The number of likely N-dealkylation sites (N-methyl/N-ethyl adjacent to an activating group) is 1. The van der Waals surface area contributed by atoms with Gasteiger partial charge in [-0.15, -0.1) is 24.0 Å². The second-order valence-corrected chi connectivity index (χ2v) is 7.49. The fourth-order valence-corrected chi connectivity index (χ4v) is 3.34. The Labute approximate surface area is 187 Å². The van der Waals surface area contributed by atoms with Crippen LogP contribution in [0, 0.1) is 5.92 Å². The van der Waals surface area contributed by atoms with Crippen molar-refractivity contribution >= 4 is 29.9 Å². The summed E-state index contributed by atoms with van der Waals surface area (Å²) in [6.45, 7) is 11.6. The van der Waals surface area contributed by atoms with Crippen molar-refractivity contribution in [3.63, 3.8) is 0 Å². The summed E-state index contributed by atoms with van der Waals surface area (Å²) in [7, 11) is 1.82. The Balaban J connectivity index is 0.00000280. The predicted molar refractivity (Wildman–Crippen MR) is 127 cm³/mol.